The van der Waals surface area contributed by atoms with Crippen LogP contribution in [-0.4, -0.2) is 60.7 Å². The summed E-state index contributed by atoms with van der Waals surface area (Å²) in [5.41, 5.74) is 2.30. The SMILES string of the molecule is CCCS(=O)(=O)N1CC=C(c2ccc3nc(OC4CCN(c5ccc(C(F)(F)F)cn5)CC4)sc3c2)CC1. The molecule has 0 spiro atoms. The number of nitrogens with zero attached hydrogens (tertiary/aromatic N) is 4. The second kappa shape index (κ2) is 10.8. The lowest BCUT2D eigenvalue weighted by Gasteiger charge is -2.32. The quantitative estimate of drug-likeness (QED) is 0.371. The predicted octanol–water partition coefficient (Wildman–Crippen LogP) is 5.59. The molecule has 1 aromatic carbocycles. The zero-order valence-electron chi connectivity index (χ0n) is 20.9. The second-order valence-corrected chi connectivity index (χ2v) is 12.6. The minimum atomic E-state index is -4.39. The largest absolute Gasteiger partial charge is 0.467 e. The first-order valence-corrected chi connectivity index (χ1v) is 15.1. The van der Waals surface area contributed by atoms with E-state index in [1.807, 2.05) is 30.0 Å². The Morgan fingerprint density at radius 2 is 1.92 bits per heavy atom. The number of anilines is 1. The first kappa shape index (κ1) is 26.9. The molecular formula is C26H29F3N4O3S2. The molecule has 0 radical (unpaired) electrons. The summed E-state index contributed by atoms with van der Waals surface area (Å²) in [6.07, 6.45) is 1.16. The molecule has 2 aliphatic heterocycles. The van der Waals surface area contributed by atoms with Gasteiger partial charge < -0.3 is 9.64 Å². The minimum absolute atomic E-state index is 0.0298. The van der Waals surface area contributed by atoms with Crippen LogP contribution in [-0.2, 0) is 16.2 Å². The van der Waals surface area contributed by atoms with Crippen LogP contribution in [0.3, 0.4) is 0 Å². The molecule has 0 unspecified atom stereocenters. The molecule has 0 saturated carbocycles. The molecule has 4 heterocycles. The number of pyridine rings is 1. The van der Waals surface area contributed by atoms with Crippen LogP contribution in [0.1, 0.15) is 43.7 Å². The number of hydrogen-bond acceptors (Lipinski definition) is 7. The van der Waals surface area contributed by atoms with Crippen LogP contribution in [0.4, 0.5) is 19.0 Å². The van der Waals surface area contributed by atoms with Crippen molar-refractivity contribution in [3.8, 4) is 5.19 Å². The van der Waals surface area contributed by atoms with E-state index in [-0.39, 0.29) is 11.9 Å². The Morgan fingerprint density at radius 3 is 2.55 bits per heavy atom. The fourth-order valence-electron chi connectivity index (χ4n) is 4.79. The second-order valence-electron chi connectivity index (χ2n) is 9.52. The molecule has 12 heteroatoms. The van der Waals surface area contributed by atoms with Crippen LogP contribution in [0.25, 0.3) is 15.8 Å². The first-order chi connectivity index (χ1) is 18.1. The Balaban J connectivity index is 1.19. The van der Waals surface area contributed by atoms with Gasteiger partial charge in [-0.15, -0.1) is 0 Å². The number of benzene rings is 1. The maximum absolute atomic E-state index is 12.8. The van der Waals surface area contributed by atoms with Gasteiger partial charge in [-0.25, -0.2) is 18.4 Å². The molecule has 5 rings (SSSR count). The minimum Gasteiger partial charge on any atom is -0.467 e. The van der Waals surface area contributed by atoms with Gasteiger partial charge in [0.1, 0.15) is 11.9 Å². The zero-order chi connectivity index (χ0) is 26.9. The van der Waals surface area contributed by atoms with E-state index in [4.69, 9.17) is 4.74 Å². The van der Waals surface area contributed by atoms with Crippen molar-refractivity contribution in [3.63, 3.8) is 0 Å². The van der Waals surface area contributed by atoms with Gasteiger partial charge in [-0.05, 0) is 48.2 Å². The molecule has 38 heavy (non-hydrogen) atoms. The fraction of sp³-hybridized carbons (Fsp3) is 0.462. The van der Waals surface area contributed by atoms with E-state index in [2.05, 4.69) is 16.0 Å². The number of piperidine rings is 1. The Bertz CT molecular complexity index is 1410. The molecule has 0 atom stereocenters. The van der Waals surface area contributed by atoms with Gasteiger partial charge in [0.05, 0.1) is 21.5 Å². The highest BCUT2D eigenvalue weighted by atomic mass is 32.2. The maximum atomic E-state index is 12.8. The highest BCUT2D eigenvalue weighted by Crippen LogP contribution is 2.34. The lowest BCUT2D eigenvalue weighted by molar-refractivity contribution is -0.137. The molecule has 0 bridgehead atoms. The van der Waals surface area contributed by atoms with E-state index >= 15 is 0 Å². The van der Waals surface area contributed by atoms with Crippen molar-refractivity contribution in [1.29, 1.82) is 0 Å². The highest BCUT2D eigenvalue weighted by molar-refractivity contribution is 7.89. The summed E-state index contributed by atoms with van der Waals surface area (Å²) in [6.45, 7) is 4.03. The van der Waals surface area contributed by atoms with E-state index in [1.54, 1.807) is 4.31 Å². The van der Waals surface area contributed by atoms with Crippen molar-refractivity contribution >= 4 is 43.0 Å². The monoisotopic (exact) mass is 566 g/mol. The number of alkyl halides is 3. The normalized spacial score (nSPS) is 18.1. The summed E-state index contributed by atoms with van der Waals surface area (Å²) in [6, 6.07) is 8.55. The molecule has 1 saturated heterocycles. The van der Waals surface area contributed by atoms with Gasteiger partial charge in [0.25, 0.3) is 5.19 Å². The average Bonchev–Trinajstić information content (AvgIpc) is 3.30. The summed E-state index contributed by atoms with van der Waals surface area (Å²) >= 11 is 1.48. The zero-order valence-corrected chi connectivity index (χ0v) is 22.6. The third kappa shape index (κ3) is 5.97. The van der Waals surface area contributed by atoms with Crippen LogP contribution in [0.15, 0.2) is 42.6 Å². The van der Waals surface area contributed by atoms with Crippen LogP contribution in [0.2, 0.25) is 0 Å². The lowest BCUT2D eigenvalue weighted by atomic mass is 10.0. The lowest BCUT2D eigenvalue weighted by Crippen LogP contribution is -2.38. The predicted molar refractivity (Wildman–Crippen MR) is 143 cm³/mol. The van der Waals surface area contributed by atoms with Crippen LogP contribution in [0, 0.1) is 0 Å². The van der Waals surface area contributed by atoms with Gasteiger partial charge >= 0.3 is 6.18 Å². The number of sulfonamides is 1. The molecule has 2 aromatic heterocycles. The van der Waals surface area contributed by atoms with Gasteiger partial charge in [-0.1, -0.05) is 30.4 Å². The average molecular weight is 567 g/mol. The number of aromatic nitrogens is 2. The van der Waals surface area contributed by atoms with E-state index < -0.39 is 21.8 Å². The standard InChI is InChI=1S/C26H29F3N4O3S2/c1-2-15-38(34,35)33-13-7-18(8-14-33)19-3-5-22-23(16-19)37-25(31-22)36-21-9-11-32(12-10-21)24-6-4-20(17-30-24)26(27,28)29/h3-7,16-17,21H,2,8-15H2,1H3. The highest BCUT2D eigenvalue weighted by Gasteiger charge is 2.31. The van der Waals surface area contributed by atoms with Crippen LogP contribution >= 0.6 is 11.3 Å². The fourth-order valence-corrected chi connectivity index (χ4v) is 7.16. The van der Waals surface area contributed by atoms with E-state index in [1.165, 1.54) is 17.4 Å². The van der Waals surface area contributed by atoms with Gasteiger partial charge in [0, 0.05) is 45.2 Å². The van der Waals surface area contributed by atoms with Gasteiger partial charge in [-0.2, -0.15) is 17.5 Å². The molecule has 7 nitrogen and oxygen atoms in total. The molecule has 0 amide bonds. The van der Waals surface area contributed by atoms with Crippen molar-refractivity contribution in [2.24, 2.45) is 0 Å². The number of halogens is 3. The van der Waals surface area contributed by atoms with E-state index in [0.29, 0.717) is 62.9 Å². The molecule has 3 aromatic rings. The van der Waals surface area contributed by atoms with Gasteiger partial charge in [0.2, 0.25) is 10.0 Å². The van der Waals surface area contributed by atoms with Crippen molar-refractivity contribution in [3.05, 3.63) is 53.7 Å². The molecule has 2 aliphatic rings. The van der Waals surface area contributed by atoms with E-state index in [9.17, 15) is 21.6 Å². The topological polar surface area (TPSA) is 75.6 Å². The number of ether oxygens (including phenoxy) is 1. The Morgan fingerprint density at radius 1 is 1.13 bits per heavy atom. The summed E-state index contributed by atoms with van der Waals surface area (Å²) in [5, 5.41) is 0.595. The van der Waals surface area contributed by atoms with Crippen LogP contribution in [0.5, 0.6) is 5.19 Å². The number of rotatable bonds is 7. The maximum Gasteiger partial charge on any atom is 0.417 e. The first-order valence-electron chi connectivity index (χ1n) is 12.6. The number of thiazole rings is 1. The summed E-state index contributed by atoms with van der Waals surface area (Å²) in [5.74, 6) is 0.712. The third-order valence-electron chi connectivity index (χ3n) is 6.88. The molecule has 204 valence electrons. The van der Waals surface area contributed by atoms with E-state index in [0.717, 1.165) is 33.6 Å². The summed E-state index contributed by atoms with van der Waals surface area (Å²) in [7, 11) is -3.19. The summed E-state index contributed by atoms with van der Waals surface area (Å²) < 4.78 is 71.8. The Labute approximate surface area is 224 Å². The summed E-state index contributed by atoms with van der Waals surface area (Å²) in [4.78, 5) is 10.6. The van der Waals surface area contributed by atoms with Gasteiger partial charge in [-0.3, -0.25) is 0 Å². The molecule has 0 aliphatic carbocycles. The van der Waals surface area contributed by atoms with Crippen molar-refractivity contribution < 1.29 is 26.3 Å². The van der Waals surface area contributed by atoms with Crippen molar-refractivity contribution in [2.45, 2.75) is 44.9 Å². The number of hydrogen-bond donors (Lipinski definition) is 0. The van der Waals surface area contributed by atoms with Crippen LogP contribution < -0.4 is 9.64 Å². The third-order valence-corrected chi connectivity index (χ3v) is 9.83. The molecular weight excluding hydrogens is 537 g/mol. The van der Waals surface area contributed by atoms with Crippen molar-refractivity contribution in [1.82, 2.24) is 14.3 Å². The Hall–Kier alpha value is -2.70. The van der Waals surface area contributed by atoms with Gasteiger partial charge in [0.15, 0.2) is 0 Å². The molecule has 0 N–H and O–H groups in total. The number of fused-ring (bicyclic) bond motifs is 1. The Kier molecular flexibility index (Phi) is 7.65. The van der Waals surface area contributed by atoms with Crippen molar-refractivity contribution in [2.75, 3.05) is 36.8 Å². The smallest absolute Gasteiger partial charge is 0.417 e. The molecule has 1 fully saturated rings.